The van der Waals surface area contributed by atoms with Crippen LogP contribution in [0.1, 0.15) is 5.56 Å². The molecule has 7 nitrogen and oxygen atoms in total. The van der Waals surface area contributed by atoms with E-state index in [9.17, 15) is 0 Å². The van der Waals surface area contributed by atoms with Crippen molar-refractivity contribution in [1.29, 1.82) is 0 Å². The van der Waals surface area contributed by atoms with Crippen molar-refractivity contribution < 1.29 is 9.47 Å². The van der Waals surface area contributed by atoms with Gasteiger partial charge < -0.3 is 20.1 Å². The Morgan fingerprint density at radius 2 is 1.81 bits per heavy atom. The van der Waals surface area contributed by atoms with Crippen molar-refractivity contribution in [2.24, 2.45) is 0 Å². The van der Waals surface area contributed by atoms with Gasteiger partial charge in [-0.3, -0.25) is 0 Å². The van der Waals surface area contributed by atoms with Crippen LogP contribution in [-0.4, -0.2) is 29.4 Å². The predicted octanol–water partition coefficient (Wildman–Crippen LogP) is 3.90. The molecule has 2 aromatic carbocycles. The second-order valence-corrected chi connectivity index (χ2v) is 5.72. The third kappa shape index (κ3) is 4.31. The number of nitrogens with one attached hydrogen (secondary N) is 2. The van der Waals surface area contributed by atoms with E-state index in [-0.39, 0.29) is 0 Å². The zero-order valence-electron chi connectivity index (χ0n) is 14.4. The van der Waals surface area contributed by atoms with Crippen molar-refractivity contribution >= 4 is 29.1 Å². The average molecular weight is 372 g/mol. The first kappa shape index (κ1) is 17.8. The molecule has 3 rings (SSSR count). The van der Waals surface area contributed by atoms with Gasteiger partial charge in [-0.25, -0.2) is 0 Å². The molecule has 0 bridgehead atoms. The van der Waals surface area contributed by atoms with E-state index in [1.807, 2.05) is 30.3 Å². The highest BCUT2D eigenvalue weighted by Gasteiger charge is 2.11. The first-order valence-electron chi connectivity index (χ1n) is 7.85. The van der Waals surface area contributed by atoms with E-state index in [0.29, 0.717) is 40.5 Å². The number of ether oxygens (including phenoxy) is 2. The van der Waals surface area contributed by atoms with Crippen LogP contribution in [-0.2, 0) is 6.54 Å². The van der Waals surface area contributed by atoms with Crippen LogP contribution in [0.25, 0.3) is 0 Å². The highest BCUT2D eigenvalue weighted by molar-refractivity contribution is 6.32. The number of rotatable bonds is 7. The molecule has 2 N–H and O–H groups in total. The Morgan fingerprint density at radius 3 is 2.54 bits per heavy atom. The van der Waals surface area contributed by atoms with E-state index in [1.165, 1.54) is 0 Å². The van der Waals surface area contributed by atoms with E-state index in [4.69, 9.17) is 21.1 Å². The van der Waals surface area contributed by atoms with Crippen molar-refractivity contribution in [2.75, 3.05) is 24.9 Å². The molecular weight excluding hydrogens is 354 g/mol. The smallest absolute Gasteiger partial charge is 0.249 e. The minimum Gasteiger partial charge on any atom is -0.495 e. The molecule has 0 radical (unpaired) electrons. The molecule has 0 spiro atoms. The van der Waals surface area contributed by atoms with Crippen molar-refractivity contribution in [2.45, 2.75) is 6.54 Å². The summed E-state index contributed by atoms with van der Waals surface area (Å²) in [6.07, 6.45) is 1.56. The molecule has 0 aliphatic carbocycles. The Labute approximate surface area is 156 Å². The van der Waals surface area contributed by atoms with Crippen molar-refractivity contribution in [3.05, 3.63) is 59.2 Å². The van der Waals surface area contributed by atoms with Crippen LogP contribution in [0.5, 0.6) is 11.5 Å². The van der Waals surface area contributed by atoms with E-state index >= 15 is 0 Å². The maximum absolute atomic E-state index is 6.12. The second kappa shape index (κ2) is 8.35. The van der Waals surface area contributed by atoms with E-state index in [0.717, 1.165) is 5.56 Å². The molecular formula is C18H18ClN5O2. The average Bonchev–Trinajstić information content (AvgIpc) is 2.68. The Hall–Kier alpha value is -3.06. The summed E-state index contributed by atoms with van der Waals surface area (Å²) in [5.74, 6) is 1.99. The third-order valence-corrected chi connectivity index (χ3v) is 3.89. The molecule has 0 aliphatic rings. The van der Waals surface area contributed by atoms with Crippen LogP contribution in [0.3, 0.4) is 0 Å². The number of benzene rings is 2. The molecule has 0 amide bonds. The Morgan fingerprint density at radius 1 is 1.04 bits per heavy atom. The number of methoxy groups -OCH3 is 2. The fraction of sp³-hybridized carbons (Fsp3) is 0.167. The van der Waals surface area contributed by atoms with Crippen molar-refractivity contribution in [3.8, 4) is 11.5 Å². The second-order valence-electron chi connectivity index (χ2n) is 5.32. The molecule has 8 heteroatoms. The number of hydrogen-bond acceptors (Lipinski definition) is 7. The van der Waals surface area contributed by atoms with Crippen LogP contribution in [0.2, 0.25) is 5.02 Å². The highest BCUT2D eigenvalue weighted by Crippen LogP contribution is 2.36. The lowest BCUT2D eigenvalue weighted by Gasteiger charge is -2.13. The van der Waals surface area contributed by atoms with E-state index in [2.05, 4.69) is 25.8 Å². The Balaban J connectivity index is 1.76. The largest absolute Gasteiger partial charge is 0.495 e. The third-order valence-electron chi connectivity index (χ3n) is 3.60. The normalized spacial score (nSPS) is 10.3. The monoisotopic (exact) mass is 371 g/mol. The molecule has 0 fully saturated rings. The van der Waals surface area contributed by atoms with Gasteiger partial charge in [-0.15, -0.1) is 5.10 Å². The molecule has 0 unspecified atom stereocenters. The van der Waals surface area contributed by atoms with Gasteiger partial charge in [0.2, 0.25) is 5.95 Å². The Kier molecular flexibility index (Phi) is 5.70. The molecule has 26 heavy (non-hydrogen) atoms. The van der Waals surface area contributed by atoms with Gasteiger partial charge >= 0.3 is 0 Å². The standard InChI is InChI=1S/C18H18ClN5O2/c1-25-15-9-14(16(26-2)8-13(15)19)22-18-23-17(11-21-24-18)20-10-12-6-4-3-5-7-12/h3-9,11H,10H2,1-2H3,(H2,20,22,23,24). The SMILES string of the molecule is COc1cc(Nc2nncc(NCc3ccccc3)n2)c(OC)cc1Cl. The van der Waals surface area contributed by atoms with E-state index in [1.54, 1.807) is 32.5 Å². The summed E-state index contributed by atoms with van der Waals surface area (Å²) < 4.78 is 10.6. The van der Waals surface area contributed by atoms with Gasteiger partial charge in [0.25, 0.3) is 0 Å². The summed E-state index contributed by atoms with van der Waals surface area (Å²) in [5, 5.41) is 14.7. The summed E-state index contributed by atoms with van der Waals surface area (Å²) >= 11 is 6.12. The van der Waals surface area contributed by atoms with Crippen LogP contribution in [0.15, 0.2) is 48.7 Å². The minimum atomic E-state index is 0.325. The number of aromatic nitrogens is 3. The lowest BCUT2D eigenvalue weighted by molar-refractivity contribution is 0.405. The molecule has 1 heterocycles. The maximum Gasteiger partial charge on any atom is 0.249 e. The van der Waals surface area contributed by atoms with Gasteiger partial charge in [0.05, 0.1) is 31.1 Å². The topological polar surface area (TPSA) is 81.2 Å². The summed E-state index contributed by atoms with van der Waals surface area (Å²) in [7, 11) is 3.10. The first-order valence-corrected chi connectivity index (χ1v) is 8.23. The number of anilines is 3. The van der Waals surface area contributed by atoms with Crippen molar-refractivity contribution in [1.82, 2.24) is 15.2 Å². The Bertz CT molecular complexity index is 877. The molecule has 0 aliphatic heterocycles. The lowest BCUT2D eigenvalue weighted by atomic mass is 10.2. The zero-order chi connectivity index (χ0) is 18.4. The fourth-order valence-corrected chi connectivity index (χ4v) is 2.54. The summed E-state index contributed by atoms with van der Waals surface area (Å²) in [6.45, 7) is 0.636. The van der Waals surface area contributed by atoms with Gasteiger partial charge in [-0.2, -0.15) is 10.1 Å². The molecule has 134 valence electrons. The van der Waals surface area contributed by atoms with Crippen molar-refractivity contribution in [3.63, 3.8) is 0 Å². The predicted molar refractivity (Wildman–Crippen MR) is 101 cm³/mol. The number of nitrogens with zero attached hydrogens (tertiary/aromatic N) is 3. The highest BCUT2D eigenvalue weighted by atomic mass is 35.5. The maximum atomic E-state index is 6.12. The molecule has 0 atom stereocenters. The molecule has 0 saturated heterocycles. The van der Waals surface area contributed by atoms with Crippen LogP contribution in [0, 0.1) is 0 Å². The van der Waals surface area contributed by atoms with Crippen LogP contribution < -0.4 is 20.1 Å². The number of hydrogen-bond donors (Lipinski definition) is 2. The quantitative estimate of drug-likeness (QED) is 0.651. The molecule has 0 saturated carbocycles. The van der Waals surface area contributed by atoms with Gasteiger partial charge in [0.1, 0.15) is 11.5 Å². The van der Waals surface area contributed by atoms with Gasteiger partial charge in [-0.05, 0) is 5.56 Å². The molecule has 1 aromatic heterocycles. The fourth-order valence-electron chi connectivity index (χ4n) is 2.31. The van der Waals surface area contributed by atoms with E-state index < -0.39 is 0 Å². The lowest BCUT2D eigenvalue weighted by Crippen LogP contribution is -2.06. The van der Waals surface area contributed by atoms with Crippen LogP contribution in [0.4, 0.5) is 17.5 Å². The van der Waals surface area contributed by atoms with Gasteiger partial charge in [0.15, 0.2) is 5.82 Å². The summed E-state index contributed by atoms with van der Waals surface area (Å²) in [6, 6.07) is 13.4. The zero-order valence-corrected chi connectivity index (χ0v) is 15.1. The minimum absolute atomic E-state index is 0.325. The number of halogens is 1. The van der Waals surface area contributed by atoms with Crippen LogP contribution >= 0.6 is 11.6 Å². The van der Waals surface area contributed by atoms with Gasteiger partial charge in [-0.1, -0.05) is 41.9 Å². The summed E-state index contributed by atoms with van der Waals surface area (Å²) in [4.78, 5) is 4.41. The summed E-state index contributed by atoms with van der Waals surface area (Å²) in [5.41, 5.74) is 1.76. The van der Waals surface area contributed by atoms with Gasteiger partial charge in [0, 0.05) is 18.7 Å². The molecule has 3 aromatic rings. The first-order chi connectivity index (χ1) is 12.7.